The van der Waals surface area contributed by atoms with Crippen LogP contribution in [0, 0.1) is 17.0 Å². The molecule has 9 nitrogen and oxygen atoms in total. The second kappa shape index (κ2) is 8.91. The molecule has 0 heterocycles. The number of nitrogens with one attached hydrogen (secondary N) is 1. The second-order valence-electron chi connectivity index (χ2n) is 6.58. The number of sulfonamides is 1. The predicted molar refractivity (Wildman–Crippen MR) is 110 cm³/mol. The summed E-state index contributed by atoms with van der Waals surface area (Å²) in [6.07, 6.45) is 0.919. The summed E-state index contributed by atoms with van der Waals surface area (Å²) in [5.74, 6) is -0.461. The highest BCUT2D eigenvalue weighted by Gasteiger charge is 2.26. The fraction of sp³-hybridized carbons (Fsp3) is 0.316. The predicted octanol–water partition coefficient (Wildman–Crippen LogP) is 2.56. The number of amides is 1. The van der Waals surface area contributed by atoms with Crippen molar-refractivity contribution in [1.29, 1.82) is 0 Å². The SMILES string of the molecule is COc1ccc([N+](=O)[O-])cc1N(CC(=O)N[C@@H](C)c1ccc(C)cc1)S(C)(=O)=O. The zero-order valence-electron chi connectivity index (χ0n) is 16.6. The van der Waals surface area contributed by atoms with E-state index in [2.05, 4.69) is 5.32 Å². The fourth-order valence-corrected chi connectivity index (χ4v) is 3.58. The summed E-state index contributed by atoms with van der Waals surface area (Å²) in [5.41, 5.74) is 1.54. The smallest absolute Gasteiger partial charge is 0.271 e. The van der Waals surface area contributed by atoms with Gasteiger partial charge in [0.2, 0.25) is 15.9 Å². The van der Waals surface area contributed by atoms with E-state index < -0.39 is 27.4 Å². The third-order valence-corrected chi connectivity index (χ3v) is 5.41. The molecule has 0 spiro atoms. The Bertz CT molecular complexity index is 1010. The van der Waals surface area contributed by atoms with Crippen molar-refractivity contribution in [1.82, 2.24) is 5.32 Å². The van der Waals surface area contributed by atoms with Gasteiger partial charge in [-0.1, -0.05) is 29.8 Å². The highest BCUT2D eigenvalue weighted by molar-refractivity contribution is 7.92. The monoisotopic (exact) mass is 421 g/mol. The number of hydrogen-bond acceptors (Lipinski definition) is 6. The number of carbonyl (C=O) groups is 1. The van der Waals surface area contributed by atoms with Crippen LogP contribution in [0.2, 0.25) is 0 Å². The van der Waals surface area contributed by atoms with Crippen molar-refractivity contribution in [2.75, 3.05) is 24.2 Å². The summed E-state index contributed by atoms with van der Waals surface area (Å²) >= 11 is 0. The molecule has 0 saturated carbocycles. The van der Waals surface area contributed by atoms with E-state index in [1.54, 1.807) is 6.92 Å². The molecule has 1 N–H and O–H groups in total. The number of hydrogen-bond donors (Lipinski definition) is 1. The number of anilines is 1. The van der Waals surface area contributed by atoms with Crippen molar-refractivity contribution in [3.63, 3.8) is 0 Å². The molecule has 2 rings (SSSR count). The number of rotatable bonds is 8. The zero-order valence-corrected chi connectivity index (χ0v) is 17.4. The van der Waals surface area contributed by atoms with E-state index in [-0.39, 0.29) is 23.2 Å². The Balaban J connectivity index is 2.30. The van der Waals surface area contributed by atoms with Crippen LogP contribution in [-0.4, -0.2) is 39.2 Å². The Kier molecular flexibility index (Phi) is 6.80. The summed E-state index contributed by atoms with van der Waals surface area (Å²) in [5, 5.41) is 13.8. The Hall–Kier alpha value is -3.14. The average Bonchev–Trinajstić information content (AvgIpc) is 2.65. The molecule has 2 aromatic carbocycles. The van der Waals surface area contributed by atoms with E-state index in [0.717, 1.165) is 27.8 Å². The number of aryl methyl sites for hydroxylation is 1. The standard InChI is InChI=1S/C19H23N3O6S/c1-13-5-7-15(8-6-13)14(2)20-19(23)12-21(29(4,26)27)17-11-16(22(24)25)9-10-18(17)28-3/h5-11,14H,12H2,1-4H3,(H,20,23)/t14-/m0/s1. The zero-order chi connectivity index (χ0) is 21.8. The van der Waals surface area contributed by atoms with Crippen molar-refractivity contribution < 1.29 is 22.9 Å². The van der Waals surface area contributed by atoms with Crippen molar-refractivity contribution in [3.8, 4) is 5.75 Å². The van der Waals surface area contributed by atoms with Gasteiger partial charge in [-0.05, 0) is 25.5 Å². The molecule has 29 heavy (non-hydrogen) atoms. The van der Waals surface area contributed by atoms with Crippen molar-refractivity contribution in [3.05, 3.63) is 63.7 Å². The molecule has 0 aliphatic rings. The largest absolute Gasteiger partial charge is 0.495 e. The Morgan fingerprint density at radius 1 is 1.24 bits per heavy atom. The summed E-state index contributed by atoms with van der Waals surface area (Å²) in [6, 6.07) is 10.8. The molecule has 156 valence electrons. The van der Waals surface area contributed by atoms with E-state index in [1.165, 1.54) is 19.2 Å². The number of nitro benzene ring substituents is 1. The van der Waals surface area contributed by atoms with E-state index >= 15 is 0 Å². The van der Waals surface area contributed by atoms with Crippen molar-refractivity contribution >= 4 is 27.3 Å². The minimum Gasteiger partial charge on any atom is -0.495 e. The van der Waals surface area contributed by atoms with Crippen LogP contribution in [0.1, 0.15) is 24.1 Å². The van der Waals surface area contributed by atoms with E-state index in [4.69, 9.17) is 4.74 Å². The number of methoxy groups -OCH3 is 1. The van der Waals surface area contributed by atoms with Gasteiger partial charge in [0.15, 0.2) is 0 Å². The van der Waals surface area contributed by atoms with Gasteiger partial charge in [-0.2, -0.15) is 0 Å². The van der Waals surface area contributed by atoms with Gasteiger partial charge in [-0.25, -0.2) is 8.42 Å². The van der Waals surface area contributed by atoms with Gasteiger partial charge in [0, 0.05) is 12.1 Å². The summed E-state index contributed by atoms with van der Waals surface area (Å²) in [6.45, 7) is 3.18. The molecule has 0 bridgehead atoms. The first kappa shape index (κ1) is 22.2. The molecule has 1 atom stereocenters. The quantitative estimate of drug-likeness (QED) is 0.517. The van der Waals surface area contributed by atoms with Gasteiger partial charge in [0.25, 0.3) is 5.69 Å². The number of carbonyl (C=O) groups excluding carboxylic acids is 1. The third kappa shape index (κ3) is 5.67. The van der Waals surface area contributed by atoms with E-state index in [1.807, 2.05) is 31.2 Å². The number of ether oxygens (including phenoxy) is 1. The van der Waals surface area contributed by atoms with Crippen LogP contribution >= 0.6 is 0 Å². The van der Waals surface area contributed by atoms with Crippen LogP contribution in [0.3, 0.4) is 0 Å². The van der Waals surface area contributed by atoms with E-state index in [0.29, 0.717) is 0 Å². The first-order valence-corrected chi connectivity index (χ1v) is 10.5. The minimum atomic E-state index is -3.92. The summed E-state index contributed by atoms with van der Waals surface area (Å²) < 4.78 is 30.6. The maximum absolute atomic E-state index is 12.6. The lowest BCUT2D eigenvalue weighted by Gasteiger charge is -2.24. The maximum Gasteiger partial charge on any atom is 0.271 e. The van der Waals surface area contributed by atoms with Crippen LogP contribution in [0.15, 0.2) is 42.5 Å². The first-order chi connectivity index (χ1) is 13.5. The summed E-state index contributed by atoms with van der Waals surface area (Å²) in [4.78, 5) is 23.0. The molecular formula is C19H23N3O6S. The normalized spacial score (nSPS) is 12.1. The van der Waals surface area contributed by atoms with Crippen LogP contribution in [0.4, 0.5) is 11.4 Å². The van der Waals surface area contributed by atoms with Gasteiger partial charge in [-0.3, -0.25) is 19.2 Å². The fourth-order valence-electron chi connectivity index (χ4n) is 2.72. The van der Waals surface area contributed by atoms with Gasteiger partial charge in [0.05, 0.1) is 24.3 Å². The minimum absolute atomic E-state index is 0.0812. The van der Waals surface area contributed by atoms with Crippen molar-refractivity contribution in [2.45, 2.75) is 19.9 Å². The lowest BCUT2D eigenvalue weighted by atomic mass is 10.1. The molecule has 0 saturated heterocycles. The molecule has 0 aromatic heterocycles. The number of nitrogens with zero attached hydrogens (tertiary/aromatic N) is 2. The molecule has 10 heteroatoms. The van der Waals surface area contributed by atoms with Crippen LogP contribution in [0.5, 0.6) is 5.75 Å². The second-order valence-corrected chi connectivity index (χ2v) is 8.49. The lowest BCUT2D eigenvalue weighted by Crippen LogP contribution is -2.41. The highest BCUT2D eigenvalue weighted by atomic mass is 32.2. The number of nitro groups is 1. The first-order valence-electron chi connectivity index (χ1n) is 8.69. The topological polar surface area (TPSA) is 119 Å². The molecule has 0 unspecified atom stereocenters. The van der Waals surface area contributed by atoms with Gasteiger partial charge >= 0.3 is 0 Å². The average molecular weight is 421 g/mol. The molecule has 0 aliphatic heterocycles. The third-order valence-electron chi connectivity index (χ3n) is 4.28. The van der Waals surface area contributed by atoms with Crippen LogP contribution < -0.4 is 14.4 Å². The number of benzene rings is 2. The lowest BCUT2D eigenvalue weighted by molar-refractivity contribution is -0.384. The number of non-ortho nitro benzene ring substituents is 1. The Morgan fingerprint density at radius 3 is 2.38 bits per heavy atom. The molecule has 0 radical (unpaired) electrons. The Morgan fingerprint density at radius 2 is 1.86 bits per heavy atom. The molecule has 0 fully saturated rings. The van der Waals surface area contributed by atoms with Crippen LogP contribution in [0.25, 0.3) is 0 Å². The Labute approximate surface area is 169 Å². The molecule has 1 amide bonds. The molecule has 2 aromatic rings. The van der Waals surface area contributed by atoms with E-state index in [9.17, 15) is 23.3 Å². The maximum atomic E-state index is 12.6. The molecular weight excluding hydrogens is 398 g/mol. The molecule has 0 aliphatic carbocycles. The van der Waals surface area contributed by atoms with Crippen molar-refractivity contribution in [2.24, 2.45) is 0 Å². The van der Waals surface area contributed by atoms with Gasteiger partial charge < -0.3 is 10.1 Å². The van der Waals surface area contributed by atoms with Gasteiger partial charge in [0.1, 0.15) is 18.0 Å². The van der Waals surface area contributed by atoms with Crippen LogP contribution in [-0.2, 0) is 14.8 Å². The van der Waals surface area contributed by atoms with Gasteiger partial charge in [-0.15, -0.1) is 0 Å². The summed E-state index contributed by atoms with van der Waals surface area (Å²) in [7, 11) is -2.61. The highest BCUT2D eigenvalue weighted by Crippen LogP contribution is 2.33.